The van der Waals surface area contributed by atoms with Gasteiger partial charge in [-0.2, -0.15) is 5.10 Å². The molecule has 6 heteroatoms. The molecule has 0 saturated carbocycles. The minimum Gasteiger partial charge on any atom is -0.396 e. The van der Waals surface area contributed by atoms with E-state index in [-0.39, 0.29) is 18.6 Å². The van der Waals surface area contributed by atoms with E-state index in [1.165, 1.54) is 0 Å². The van der Waals surface area contributed by atoms with Crippen LogP contribution in [0.15, 0.2) is 42.7 Å². The Bertz CT molecular complexity index is 647. The largest absolute Gasteiger partial charge is 0.396 e. The fourth-order valence-corrected chi connectivity index (χ4v) is 3.06. The number of aliphatic hydroxyl groups is 1. The number of nitrogens with zero attached hydrogens (tertiary/aromatic N) is 3. The zero-order valence-electron chi connectivity index (χ0n) is 14.4. The second-order valence-electron chi connectivity index (χ2n) is 6.32. The van der Waals surface area contributed by atoms with Gasteiger partial charge in [-0.3, -0.25) is 4.79 Å². The highest BCUT2D eigenvalue weighted by Crippen LogP contribution is 2.16. The number of aromatic nitrogens is 2. The van der Waals surface area contributed by atoms with Crippen molar-refractivity contribution >= 4 is 5.91 Å². The molecule has 1 aliphatic heterocycles. The average molecular weight is 343 g/mol. The Morgan fingerprint density at radius 2 is 2.00 bits per heavy atom. The minimum atomic E-state index is 0.163. The van der Waals surface area contributed by atoms with E-state index in [0.717, 1.165) is 37.2 Å². The summed E-state index contributed by atoms with van der Waals surface area (Å²) in [7, 11) is 0. The first-order valence-corrected chi connectivity index (χ1v) is 8.85. The van der Waals surface area contributed by atoms with Crippen LogP contribution in [0, 0.1) is 0 Å². The molecule has 25 heavy (non-hydrogen) atoms. The van der Waals surface area contributed by atoms with Crippen LogP contribution in [0.3, 0.4) is 0 Å². The smallest absolute Gasteiger partial charge is 0.226 e. The number of amides is 1. The van der Waals surface area contributed by atoms with Gasteiger partial charge in [0.15, 0.2) is 0 Å². The fraction of sp³-hybridized carbons (Fsp3) is 0.474. The van der Waals surface area contributed by atoms with E-state index in [0.29, 0.717) is 19.4 Å². The zero-order valence-corrected chi connectivity index (χ0v) is 14.4. The van der Waals surface area contributed by atoms with Gasteiger partial charge in [0, 0.05) is 38.7 Å². The molecule has 1 fully saturated rings. The first-order chi connectivity index (χ1) is 12.3. The fourth-order valence-electron chi connectivity index (χ4n) is 3.06. The van der Waals surface area contributed by atoms with Crippen molar-refractivity contribution < 1.29 is 14.6 Å². The summed E-state index contributed by atoms with van der Waals surface area (Å²) in [6.45, 7) is 2.25. The van der Waals surface area contributed by atoms with Crippen molar-refractivity contribution in [3.05, 3.63) is 48.3 Å². The van der Waals surface area contributed by atoms with Crippen molar-refractivity contribution in [1.29, 1.82) is 0 Å². The maximum Gasteiger partial charge on any atom is 0.226 e. The van der Waals surface area contributed by atoms with E-state index < -0.39 is 0 Å². The molecule has 1 aromatic heterocycles. The summed E-state index contributed by atoms with van der Waals surface area (Å²) in [5, 5.41) is 13.0. The molecular weight excluding hydrogens is 318 g/mol. The summed E-state index contributed by atoms with van der Waals surface area (Å²) in [6, 6.07) is 9.82. The predicted octanol–water partition coefficient (Wildman–Crippen LogP) is 1.80. The van der Waals surface area contributed by atoms with Gasteiger partial charge in [0.2, 0.25) is 5.91 Å². The number of hydrogen-bond donors (Lipinski definition) is 1. The van der Waals surface area contributed by atoms with Crippen molar-refractivity contribution in [3.8, 4) is 5.69 Å². The molecule has 1 aromatic carbocycles. The lowest BCUT2D eigenvalue weighted by molar-refractivity contribution is -0.133. The van der Waals surface area contributed by atoms with E-state index in [1.54, 1.807) is 10.9 Å². The summed E-state index contributed by atoms with van der Waals surface area (Å²) in [5.74, 6) is 0.167. The Morgan fingerprint density at radius 3 is 2.64 bits per heavy atom. The molecule has 0 unspecified atom stereocenters. The van der Waals surface area contributed by atoms with Crippen LogP contribution in [0.4, 0.5) is 0 Å². The highest BCUT2D eigenvalue weighted by Gasteiger charge is 2.23. The Balaban J connectivity index is 1.46. The molecule has 0 radical (unpaired) electrons. The molecule has 1 amide bonds. The topological polar surface area (TPSA) is 67.6 Å². The van der Waals surface area contributed by atoms with Gasteiger partial charge in [-0.1, -0.05) is 12.1 Å². The first kappa shape index (κ1) is 17.6. The van der Waals surface area contributed by atoms with Crippen molar-refractivity contribution in [2.24, 2.45) is 0 Å². The number of hydrogen-bond acceptors (Lipinski definition) is 4. The van der Waals surface area contributed by atoms with Crippen LogP contribution < -0.4 is 0 Å². The summed E-state index contributed by atoms with van der Waals surface area (Å²) < 4.78 is 7.51. The maximum atomic E-state index is 12.5. The molecule has 0 bridgehead atoms. The maximum absolute atomic E-state index is 12.5. The molecule has 0 atom stereocenters. The van der Waals surface area contributed by atoms with Crippen LogP contribution in [0.5, 0.6) is 0 Å². The van der Waals surface area contributed by atoms with Crippen LogP contribution in [-0.4, -0.2) is 58.1 Å². The molecule has 1 N–H and O–H groups in total. The van der Waals surface area contributed by atoms with E-state index >= 15 is 0 Å². The van der Waals surface area contributed by atoms with Crippen molar-refractivity contribution in [1.82, 2.24) is 14.7 Å². The Morgan fingerprint density at radius 1 is 1.24 bits per heavy atom. The molecule has 1 saturated heterocycles. The van der Waals surface area contributed by atoms with Crippen molar-refractivity contribution in [3.63, 3.8) is 0 Å². The summed E-state index contributed by atoms with van der Waals surface area (Å²) >= 11 is 0. The monoisotopic (exact) mass is 343 g/mol. The number of rotatable bonds is 7. The predicted molar refractivity (Wildman–Crippen MR) is 94.5 cm³/mol. The number of carbonyl (C=O) groups excluding carboxylic acids is 1. The molecule has 2 heterocycles. The normalized spacial score (nSPS) is 15.5. The summed E-state index contributed by atoms with van der Waals surface area (Å²) in [5.41, 5.74) is 2.00. The van der Waals surface area contributed by atoms with Gasteiger partial charge in [0.05, 0.1) is 18.2 Å². The molecule has 1 aliphatic rings. The first-order valence-electron chi connectivity index (χ1n) is 8.85. The highest BCUT2D eigenvalue weighted by molar-refractivity contribution is 5.78. The molecule has 134 valence electrons. The van der Waals surface area contributed by atoms with E-state index in [2.05, 4.69) is 5.10 Å². The average Bonchev–Trinajstić information content (AvgIpc) is 3.18. The molecular formula is C19H25N3O3. The Labute approximate surface area is 148 Å². The lowest BCUT2D eigenvalue weighted by atomic mass is 10.1. The third kappa shape index (κ3) is 4.90. The SMILES string of the molecule is O=C(Cc1ccc(-n2cccn2)cc1)N1CCC(OCCCO)CC1. The molecule has 3 rings (SSSR count). The van der Waals surface area contributed by atoms with Crippen molar-refractivity contribution in [2.75, 3.05) is 26.3 Å². The third-order valence-electron chi connectivity index (χ3n) is 4.51. The van der Waals surface area contributed by atoms with Crippen LogP contribution in [0.25, 0.3) is 5.69 Å². The van der Waals surface area contributed by atoms with Gasteiger partial charge < -0.3 is 14.7 Å². The van der Waals surface area contributed by atoms with Crippen LogP contribution in [0.1, 0.15) is 24.8 Å². The van der Waals surface area contributed by atoms with Crippen LogP contribution in [0.2, 0.25) is 0 Å². The second-order valence-corrected chi connectivity index (χ2v) is 6.32. The van der Waals surface area contributed by atoms with Crippen molar-refractivity contribution in [2.45, 2.75) is 31.8 Å². The number of carbonyl (C=O) groups is 1. The lowest BCUT2D eigenvalue weighted by Gasteiger charge is -2.32. The van der Waals surface area contributed by atoms with E-state index in [4.69, 9.17) is 9.84 Å². The molecule has 0 aliphatic carbocycles. The third-order valence-corrected chi connectivity index (χ3v) is 4.51. The van der Waals surface area contributed by atoms with Gasteiger partial charge >= 0.3 is 0 Å². The van der Waals surface area contributed by atoms with Gasteiger partial charge in [0.1, 0.15) is 0 Å². The van der Waals surface area contributed by atoms with Crippen LogP contribution >= 0.6 is 0 Å². The lowest BCUT2D eigenvalue weighted by Crippen LogP contribution is -2.41. The molecule has 6 nitrogen and oxygen atoms in total. The quantitative estimate of drug-likeness (QED) is 0.779. The standard InChI is InChI=1S/C19H25N3O3/c23-13-2-14-25-18-7-11-21(12-8-18)19(24)15-16-3-5-17(6-4-16)22-10-1-9-20-22/h1,3-6,9-10,18,23H,2,7-8,11-15H2. The second kappa shape index (κ2) is 8.78. The van der Waals surface area contributed by atoms with E-state index in [1.807, 2.05) is 41.4 Å². The number of aliphatic hydroxyl groups excluding tert-OH is 1. The van der Waals surface area contributed by atoms with Gasteiger partial charge in [-0.05, 0) is 43.0 Å². The van der Waals surface area contributed by atoms with Crippen LogP contribution in [-0.2, 0) is 16.0 Å². The van der Waals surface area contributed by atoms with E-state index in [9.17, 15) is 4.79 Å². The zero-order chi connectivity index (χ0) is 17.5. The van der Waals surface area contributed by atoms with Gasteiger partial charge in [0.25, 0.3) is 0 Å². The number of ether oxygens (including phenoxy) is 1. The van der Waals surface area contributed by atoms with Gasteiger partial charge in [-0.15, -0.1) is 0 Å². The summed E-state index contributed by atoms with van der Waals surface area (Å²) in [6.07, 6.45) is 6.69. The number of benzene rings is 1. The Hall–Kier alpha value is -2.18. The van der Waals surface area contributed by atoms with Gasteiger partial charge in [-0.25, -0.2) is 4.68 Å². The molecule has 0 spiro atoms. The summed E-state index contributed by atoms with van der Waals surface area (Å²) in [4.78, 5) is 14.4. The highest BCUT2D eigenvalue weighted by atomic mass is 16.5. The Kier molecular flexibility index (Phi) is 6.19. The minimum absolute atomic E-state index is 0.163. The molecule has 2 aromatic rings. The number of likely N-dealkylation sites (tertiary alicyclic amines) is 1. The number of piperidine rings is 1.